The molecule has 4 aromatic rings. The van der Waals surface area contributed by atoms with Gasteiger partial charge >= 0.3 is 5.69 Å². The molecule has 4 rings (SSSR count). The fraction of sp³-hybridized carbons (Fsp3) is 0.318. The average molecular weight is 451 g/mol. The van der Waals surface area contributed by atoms with Gasteiger partial charge in [0.05, 0.1) is 22.5 Å². The molecule has 11 nitrogen and oxygen atoms in total. The third-order valence-corrected chi connectivity index (χ3v) is 5.45. The van der Waals surface area contributed by atoms with Crippen molar-refractivity contribution in [3.63, 3.8) is 0 Å². The summed E-state index contributed by atoms with van der Waals surface area (Å²) >= 11 is 0. The number of imidazole rings is 1. The van der Waals surface area contributed by atoms with Crippen molar-refractivity contribution in [2.24, 2.45) is 0 Å². The molecule has 0 aliphatic heterocycles. The lowest BCUT2D eigenvalue weighted by molar-refractivity contribution is -0.385. The highest BCUT2D eigenvalue weighted by molar-refractivity contribution is 6.02. The van der Waals surface area contributed by atoms with E-state index in [2.05, 4.69) is 34.1 Å². The van der Waals surface area contributed by atoms with E-state index in [1.165, 1.54) is 17.1 Å². The third-order valence-electron chi connectivity index (χ3n) is 5.45. The standard InChI is InChI=1S/C22H25N7O4/c1-3-26(4-2)11-12-28-19-8-6-5-7-18(19)24-22(28)25-21(30)20-10-9-17(33-20)15-27-14-16(13-23-27)29(31)32/h5-10,13-14H,3-4,11-12,15H2,1-2H3,(H,24,25,30). The Morgan fingerprint density at radius 3 is 2.73 bits per heavy atom. The third kappa shape index (κ3) is 4.93. The molecule has 0 fully saturated rings. The lowest BCUT2D eigenvalue weighted by Gasteiger charge is -2.19. The summed E-state index contributed by atoms with van der Waals surface area (Å²) in [5.41, 5.74) is 1.64. The van der Waals surface area contributed by atoms with Crippen molar-refractivity contribution in [3.05, 3.63) is 70.4 Å². The van der Waals surface area contributed by atoms with E-state index < -0.39 is 10.8 Å². The molecule has 11 heteroatoms. The number of carbonyl (C=O) groups excluding carboxylic acids is 1. The van der Waals surface area contributed by atoms with Gasteiger partial charge in [-0.15, -0.1) is 0 Å². The zero-order valence-corrected chi connectivity index (χ0v) is 18.5. The zero-order valence-electron chi connectivity index (χ0n) is 18.5. The van der Waals surface area contributed by atoms with E-state index in [0.717, 1.165) is 30.7 Å². The first-order chi connectivity index (χ1) is 16.0. The van der Waals surface area contributed by atoms with Gasteiger partial charge in [0.15, 0.2) is 5.76 Å². The molecular formula is C22H25N7O4. The van der Waals surface area contributed by atoms with Crippen LogP contribution in [0.25, 0.3) is 11.0 Å². The van der Waals surface area contributed by atoms with Crippen LogP contribution in [0, 0.1) is 10.1 Å². The molecule has 1 amide bonds. The molecule has 0 radical (unpaired) electrons. The molecule has 3 heterocycles. The minimum atomic E-state index is -0.517. The Morgan fingerprint density at radius 1 is 1.21 bits per heavy atom. The molecule has 0 bridgehead atoms. The monoisotopic (exact) mass is 451 g/mol. The SMILES string of the molecule is CCN(CC)CCn1c(NC(=O)c2ccc(Cn3cc([N+](=O)[O-])cn3)o2)nc2ccccc21. The maximum Gasteiger partial charge on any atom is 0.307 e. The van der Waals surface area contributed by atoms with Gasteiger partial charge in [-0.1, -0.05) is 26.0 Å². The minimum absolute atomic E-state index is 0.108. The van der Waals surface area contributed by atoms with Gasteiger partial charge in [0.2, 0.25) is 5.95 Å². The Hall–Kier alpha value is -3.99. The Bertz CT molecular complexity index is 1270. The van der Waals surface area contributed by atoms with Crippen LogP contribution >= 0.6 is 0 Å². The molecule has 0 unspecified atom stereocenters. The molecule has 0 spiro atoms. The summed E-state index contributed by atoms with van der Waals surface area (Å²) < 4.78 is 9.03. The summed E-state index contributed by atoms with van der Waals surface area (Å²) in [4.78, 5) is 30.1. The molecule has 0 aliphatic rings. The number of amides is 1. The highest BCUT2D eigenvalue weighted by atomic mass is 16.6. The van der Waals surface area contributed by atoms with E-state index in [-0.39, 0.29) is 18.0 Å². The van der Waals surface area contributed by atoms with Gasteiger partial charge in [-0.3, -0.25) is 24.9 Å². The Morgan fingerprint density at radius 2 is 2.00 bits per heavy atom. The number of nitrogens with one attached hydrogen (secondary N) is 1. The van der Waals surface area contributed by atoms with Crippen molar-refractivity contribution in [2.45, 2.75) is 26.9 Å². The topological polar surface area (TPSA) is 124 Å². The van der Waals surface area contributed by atoms with Gasteiger partial charge in [0.1, 0.15) is 18.2 Å². The number of benzene rings is 1. The number of likely N-dealkylation sites (N-methyl/N-ethyl adjacent to an activating group) is 1. The number of fused-ring (bicyclic) bond motifs is 1. The second-order valence-corrected chi connectivity index (χ2v) is 7.48. The summed E-state index contributed by atoms with van der Waals surface area (Å²) in [6.45, 7) is 7.81. The van der Waals surface area contributed by atoms with Gasteiger partial charge in [0, 0.05) is 13.1 Å². The van der Waals surface area contributed by atoms with E-state index >= 15 is 0 Å². The lowest BCUT2D eigenvalue weighted by Crippen LogP contribution is -2.27. The van der Waals surface area contributed by atoms with E-state index in [9.17, 15) is 14.9 Å². The fourth-order valence-corrected chi connectivity index (χ4v) is 3.62. The average Bonchev–Trinajstić information content (AvgIpc) is 3.54. The quantitative estimate of drug-likeness (QED) is 0.289. The number of nitrogens with zero attached hydrogens (tertiary/aromatic N) is 6. The summed E-state index contributed by atoms with van der Waals surface area (Å²) in [5.74, 6) is 0.600. The normalized spacial score (nSPS) is 11.4. The Kier molecular flexibility index (Phi) is 6.50. The number of carbonyl (C=O) groups is 1. The molecule has 0 aliphatic carbocycles. The highest BCUT2D eigenvalue weighted by Gasteiger charge is 2.18. The highest BCUT2D eigenvalue weighted by Crippen LogP contribution is 2.21. The number of nitro groups is 1. The van der Waals surface area contributed by atoms with Gasteiger partial charge in [0.25, 0.3) is 5.91 Å². The van der Waals surface area contributed by atoms with E-state index in [4.69, 9.17) is 4.42 Å². The van der Waals surface area contributed by atoms with Crippen LogP contribution in [-0.2, 0) is 13.1 Å². The molecule has 1 aromatic carbocycles. The molecule has 0 atom stereocenters. The van der Waals surface area contributed by atoms with Crippen LogP contribution in [0.3, 0.4) is 0 Å². The van der Waals surface area contributed by atoms with Crippen LogP contribution in [0.2, 0.25) is 0 Å². The van der Waals surface area contributed by atoms with Gasteiger partial charge in [-0.25, -0.2) is 4.98 Å². The van der Waals surface area contributed by atoms with Crippen molar-refractivity contribution in [1.29, 1.82) is 0 Å². The van der Waals surface area contributed by atoms with Gasteiger partial charge < -0.3 is 13.9 Å². The van der Waals surface area contributed by atoms with Crippen LogP contribution in [0.5, 0.6) is 0 Å². The number of anilines is 1. The van der Waals surface area contributed by atoms with Crippen molar-refractivity contribution in [3.8, 4) is 0 Å². The predicted octanol–water partition coefficient (Wildman–Crippen LogP) is 3.38. The number of hydrogen-bond acceptors (Lipinski definition) is 7. The van der Waals surface area contributed by atoms with Crippen LogP contribution in [0.1, 0.15) is 30.2 Å². The number of para-hydroxylation sites is 2. The van der Waals surface area contributed by atoms with Crippen LogP contribution in [0.4, 0.5) is 11.6 Å². The van der Waals surface area contributed by atoms with Gasteiger partial charge in [-0.2, -0.15) is 5.10 Å². The number of rotatable bonds is 10. The molecule has 3 aromatic heterocycles. The number of furan rings is 1. The molecule has 1 N–H and O–H groups in total. The molecular weight excluding hydrogens is 426 g/mol. The summed E-state index contributed by atoms with van der Waals surface area (Å²) in [5, 5.41) is 17.6. The smallest absolute Gasteiger partial charge is 0.307 e. The van der Waals surface area contributed by atoms with Gasteiger partial charge in [-0.05, 0) is 37.4 Å². The summed E-state index contributed by atoms with van der Waals surface area (Å²) in [6.07, 6.45) is 2.47. The van der Waals surface area contributed by atoms with E-state index in [1.807, 2.05) is 28.8 Å². The summed E-state index contributed by atoms with van der Waals surface area (Å²) in [6, 6.07) is 11.0. The van der Waals surface area contributed by atoms with E-state index in [1.54, 1.807) is 12.1 Å². The van der Waals surface area contributed by atoms with Crippen molar-refractivity contribution < 1.29 is 14.1 Å². The Balaban J connectivity index is 1.50. The zero-order chi connectivity index (χ0) is 23.4. The Labute approximate surface area is 189 Å². The van der Waals surface area contributed by atoms with Crippen molar-refractivity contribution in [1.82, 2.24) is 24.2 Å². The van der Waals surface area contributed by atoms with E-state index in [0.29, 0.717) is 18.3 Å². The second kappa shape index (κ2) is 9.65. The first-order valence-electron chi connectivity index (χ1n) is 10.7. The predicted molar refractivity (Wildman–Crippen MR) is 122 cm³/mol. The largest absolute Gasteiger partial charge is 0.454 e. The van der Waals surface area contributed by atoms with Crippen molar-refractivity contribution in [2.75, 3.05) is 25.0 Å². The second-order valence-electron chi connectivity index (χ2n) is 7.48. The minimum Gasteiger partial charge on any atom is -0.454 e. The molecule has 0 saturated carbocycles. The number of hydrogen-bond donors (Lipinski definition) is 1. The van der Waals surface area contributed by atoms with Crippen LogP contribution in [0.15, 0.2) is 53.2 Å². The summed E-state index contributed by atoms with van der Waals surface area (Å²) in [7, 11) is 0. The molecule has 172 valence electrons. The first kappa shape index (κ1) is 22.2. The van der Waals surface area contributed by atoms with Crippen LogP contribution in [-0.4, -0.2) is 54.7 Å². The maximum absolute atomic E-state index is 12.9. The molecule has 33 heavy (non-hydrogen) atoms. The fourth-order valence-electron chi connectivity index (χ4n) is 3.62. The van der Waals surface area contributed by atoms with Crippen LogP contribution < -0.4 is 5.32 Å². The lowest BCUT2D eigenvalue weighted by atomic mass is 10.3. The molecule has 0 saturated heterocycles. The first-order valence-corrected chi connectivity index (χ1v) is 10.7. The maximum atomic E-state index is 12.9. The van der Waals surface area contributed by atoms with Crippen molar-refractivity contribution >= 4 is 28.6 Å². The number of aromatic nitrogens is 4.